The molecule has 0 spiro atoms. The first kappa shape index (κ1) is 14.7. The number of rotatable bonds is 7. The molecule has 0 bridgehead atoms. The van der Waals surface area contributed by atoms with Gasteiger partial charge in [0.1, 0.15) is 18.1 Å². The Morgan fingerprint density at radius 1 is 0.750 bits per heavy atom. The Hall–Kier alpha value is -1.69. The van der Waals surface area contributed by atoms with Gasteiger partial charge in [-0.3, -0.25) is 0 Å². The van der Waals surface area contributed by atoms with Gasteiger partial charge in [0.15, 0.2) is 6.79 Å². The highest BCUT2D eigenvalue weighted by molar-refractivity contribution is 7.99. The summed E-state index contributed by atoms with van der Waals surface area (Å²) in [4.78, 5) is 2.18. The van der Waals surface area contributed by atoms with Gasteiger partial charge in [0.2, 0.25) is 0 Å². The Balaban J connectivity index is 1.95. The molecule has 0 aliphatic carbocycles. The third-order valence-corrected chi connectivity index (χ3v) is 3.49. The number of aliphatic hydroxyl groups excluding tert-OH is 2. The van der Waals surface area contributed by atoms with Crippen LogP contribution in [-0.2, 0) is 0 Å². The van der Waals surface area contributed by atoms with Gasteiger partial charge in [0, 0.05) is 9.79 Å². The van der Waals surface area contributed by atoms with Crippen LogP contribution in [-0.4, -0.2) is 30.2 Å². The molecule has 2 aromatic carbocycles. The monoisotopic (exact) mass is 292 g/mol. The molecule has 0 unspecified atom stereocenters. The minimum atomic E-state index is -0.318. The zero-order valence-corrected chi connectivity index (χ0v) is 11.7. The average Bonchev–Trinajstić information content (AvgIpc) is 2.49. The largest absolute Gasteiger partial charge is 0.491 e. The summed E-state index contributed by atoms with van der Waals surface area (Å²) in [7, 11) is 0. The molecule has 0 saturated heterocycles. The molecule has 5 heteroatoms. The van der Waals surface area contributed by atoms with E-state index in [4.69, 9.17) is 19.7 Å². The summed E-state index contributed by atoms with van der Waals surface area (Å²) in [6, 6.07) is 15.2. The lowest BCUT2D eigenvalue weighted by Gasteiger charge is -2.06. The number of hydrogen-bond acceptors (Lipinski definition) is 5. The Morgan fingerprint density at radius 3 is 1.70 bits per heavy atom. The van der Waals surface area contributed by atoms with Crippen LogP contribution >= 0.6 is 11.8 Å². The van der Waals surface area contributed by atoms with Crippen molar-refractivity contribution >= 4 is 11.8 Å². The predicted octanol–water partition coefficient (Wildman–Crippen LogP) is 2.54. The van der Waals surface area contributed by atoms with Crippen LogP contribution in [0.2, 0.25) is 0 Å². The molecule has 0 heterocycles. The van der Waals surface area contributed by atoms with E-state index >= 15 is 0 Å². The topological polar surface area (TPSA) is 58.9 Å². The zero-order valence-electron chi connectivity index (χ0n) is 10.9. The molecular formula is C15H16O4S. The van der Waals surface area contributed by atoms with Crippen LogP contribution in [0.4, 0.5) is 0 Å². The van der Waals surface area contributed by atoms with E-state index in [2.05, 4.69) is 0 Å². The molecule has 0 aromatic heterocycles. The smallest absolute Gasteiger partial charge is 0.186 e. The van der Waals surface area contributed by atoms with Crippen molar-refractivity contribution in [2.45, 2.75) is 9.79 Å². The zero-order chi connectivity index (χ0) is 14.2. The molecule has 0 saturated carbocycles. The van der Waals surface area contributed by atoms with Gasteiger partial charge in [0.05, 0.1) is 6.61 Å². The van der Waals surface area contributed by atoms with E-state index in [0.29, 0.717) is 12.4 Å². The molecule has 4 nitrogen and oxygen atoms in total. The Morgan fingerprint density at radius 2 is 1.25 bits per heavy atom. The maximum absolute atomic E-state index is 8.68. The van der Waals surface area contributed by atoms with Crippen LogP contribution in [0, 0.1) is 0 Å². The van der Waals surface area contributed by atoms with E-state index in [1.54, 1.807) is 11.8 Å². The van der Waals surface area contributed by atoms with Crippen LogP contribution in [0.3, 0.4) is 0 Å². The van der Waals surface area contributed by atoms with Gasteiger partial charge in [-0.05, 0) is 48.5 Å². The summed E-state index contributed by atoms with van der Waals surface area (Å²) in [5, 5.41) is 17.3. The Kier molecular flexibility index (Phi) is 5.73. The van der Waals surface area contributed by atoms with Gasteiger partial charge >= 0.3 is 0 Å². The maximum Gasteiger partial charge on any atom is 0.186 e. The average molecular weight is 292 g/mol. The molecule has 20 heavy (non-hydrogen) atoms. The third-order valence-electron chi connectivity index (χ3n) is 2.47. The lowest BCUT2D eigenvalue weighted by atomic mass is 10.3. The minimum absolute atomic E-state index is 0.0127. The van der Waals surface area contributed by atoms with Crippen molar-refractivity contribution in [3.63, 3.8) is 0 Å². The van der Waals surface area contributed by atoms with Gasteiger partial charge in [-0.25, -0.2) is 0 Å². The summed E-state index contributed by atoms with van der Waals surface area (Å²) in [5.74, 6) is 1.39. The molecule has 0 amide bonds. The molecule has 0 atom stereocenters. The van der Waals surface area contributed by atoms with Crippen LogP contribution in [0.25, 0.3) is 0 Å². The number of aliphatic hydroxyl groups is 2. The number of hydrogen-bond donors (Lipinski definition) is 2. The van der Waals surface area contributed by atoms with Gasteiger partial charge in [-0.2, -0.15) is 0 Å². The molecule has 0 aliphatic heterocycles. The maximum atomic E-state index is 8.68. The second-order valence-corrected chi connectivity index (χ2v) is 5.04. The van der Waals surface area contributed by atoms with E-state index in [-0.39, 0.29) is 13.4 Å². The van der Waals surface area contributed by atoms with Gasteiger partial charge < -0.3 is 19.7 Å². The second-order valence-electron chi connectivity index (χ2n) is 3.89. The molecular weight excluding hydrogens is 276 g/mol. The third kappa shape index (κ3) is 4.45. The van der Waals surface area contributed by atoms with Crippen LogP contribution < -0.4 is 9.47 Å². The lowest BCUT2D eigenvalue weighted by Crippen LogP contribution is -2.01. The van der Waals surface area contributed by atoms with Crippen molar-refractivity contribution in [2.24, 2.45) is 0 Å². The first-order valence-corrected chi connectivity index (χ1v) is 6.99. The lowest BCUT2D eigenvalue weighted by molar-refractivity contribution is 0.0985. The van der Waals surface area contributed by atoms with Gasteiger partial charge in [-0.1, -0.05) is 11.8 Å². The fourth-order valence-electron chi connectivity index (χ4n) is 1.58. The number of ether oxygens (including phenoxy) is 2. The summed E-state index contributed by atoms with van der Waals surface area (Å²) < 4.78 is 10.3. The molecule has 0 radical (unpaired) electrons. The highest BCUT2D eigenvalue weighted by atomic mass is 32.2. The van der Waals surface area contributed by atoms with Crippen molar-refractivity contribution in [3.8, 4) is 11.5 Å². The SMILES string of the molecule is OCCOc1ccc(Sc2ccc(OCO)cc2)cc1. The summed E-state index contributed by atoms with van der Waals surface area (Å²) in [6.07, 6.45) is 0. The van der Waals surface area contributed by atoms with E-state index in [1.807, 2.05) is 48.5 Å². The molecule has 0 aliphatic rings. The van der Waals surface area contributed by atoms with Crippen LogP contribution in [0.15, 0.2) is 58.3 Å². The minimum Gasteiger partial charge on any atom is -0.491 e. The van der Waals surface area contributed by atoms with Crippen molar-refractivity contribution in [3.05, 3.63) is 48.5 Å². The van der Waals surface area contributed by atoms with Crippen molar-refractivity contribution < 1.29 is 19.7 Å². The quantitative estimate of drug-likeness (QED) is 0.768. The molecule has 2 N–H and O–H groups in total. The second kappa shape index (κ2) is 7.79. The highest BCUT2D eigenvalue weighted by Gasteiger charge is 2.00. The van der Waals surface area contributed by atoms with Crippen LogP contribution in [0.5, 0.6) is 11.5 Å². The summed E-state index contributed by atoms with van der Waals surface area (Å²) in [6.45, 7) is -0.000633. The van der Waals surface area contributed by atoms with Gasteiger partial charge in [-0.15, -0.1) is 0 Å². The molecule has 106 valence electrons. The first-order chi connectivity index (χ1) is 9.81. The Bertz CT molecular complexity index is 510. The number of benzene rings is 2. The van der Waals surface area contributed by atoms with E-state index < -0.39 is 0 Å². The van der Waals surface area contributed by atoms with E-state index in [0.717, 1.165) is 15.5 Å². The highest BCUT2D eigenvalue weighted by Crippen LogP contribution is 2.30. The fraction of sp³-hybridized carbons (Fsp3) is 0.200. The van der Waals surface area contributed by atoms with Crippen LogP contribution in [0.1, 0.15) is 0 Å². The summed E-state index contributed by atoms with van der Waals surface area (Å²) in [5.41, 5.74) is 0. The van der Waals surface area contributed by atoms with Crippen molar-refractivity contribution in [2.75, 3.05) is 20.0 Å². The fourth-order valence-corrected chi connectivity index (χ4v) is 2.40. The summed E-state index contributed by atoms with van der Waals surface area (Å²) >= 11 is 1.62. The molecule has 2 aromatic rings. The first-order valence-electron chi connectivity index (χ1n) is 6.17. The van der Waals surface area contributed by atoms with Crippen molar-refractivity contribution in [1.82, 2.24) is 0 Å². The van der Waals surface area contributed by atoms with E-state index in [1.165, 1.54) is 0 Å². The Labute approximate surface area is 122 Å². The molecule has 0 fully saturated rings. The normalized spacial score (nSPS) is 10.3. The van der Waals surface area contributed by atoms with Gasteiger partial charge in [0.25, 0.3) is 0 Å². The van der Waals surface area contributed by atoms with Crippen molar-refractivity contribution in [1.29, 1.82) is 0 Å². The molecule has 2 rings (SSSR count). The van der Waals surface area contributed by atoms with E-state index in [9.17, 15) is 0 Å². The standard InChI is InChI=1S/C15H16O4S/c16-9-10-18-12-1-5-14(6-2-12)20-15-7-3-13(4-8-15)19-11-17/h1-8,16-17H,9-11H2. The predicted molar refractivity (Wildman–Crippen MR) is 77.3 cm³/mol.